The van der Waals surface area contributed by atoms with Gasteiger partial charge in [-0.1, -0.05) is 0 Å². The summed E-state index contributed by atoms with van der Waals surface area (Å²) in [6.45, 7) is 6.23. The summed E-state index contributed by atoms with van der Waals surface area (Å²) in [7, 11) is 0. The van der Waals surface area contributed by atoms with E-state index in [2.05, 4.69) is 21.8 Å². The molecular weight excluding hydrogens is 316 g/mol. The fraction of sp³-hybridized carbons (Fsp3) is 0.316. The molecule has 6 nitrogen and oxygen atoms in total. The second kappa shape index (κ2) is 6.64. The summed E-state index contributed by atoms with van der Waals surface area (Å²) in [5, 5.41) is 0. The topological polar surface area (TPSA) is 64.3 Å². The summed E-state index contributed by atoms with van der Waals surface area (Å²) in [5.41, 5.74) is 3.05. The van der Waals surface area contributed by atoms with Gasteiger partial charge in [-0.2, -0.15) is 0 Å². The maximum Gasteiger partial charge on any atom is 0.161 e. The lowest BCUT2D eigenvalue weighted by Gasteiger charge is -2.34. The Morgan fingerprint density at radius 3 is 2.72 bits per heavy atom. The minimum Gasteiger partial charge on any atom is -0.467 e. The van der Waals surface area contributed by atoms with Crippen molar-refractivity contribution in [2.75, 3.05) is 24.6 Å². The first-order valence-corrected chi connectivity index (χ1v) is 8.38. The molecule has 0 aliphatic carbocycles. The molecule has 1 aliphatic heterocycles. The van der Waals surface area contributed by atoms with Gasteiger partial charge in [0.05, 0.1) is 19.4 Å². The van der Waals surface area contributed by atoms with E-state index in [1.807, 2.05) is 31.2 Å². The molecule has 4 rings (SSSR count). The van der Waals surface area contributed by atoms with Gasteiger partial charge in [0.2, 0.25) is 0 Å². The summed E-state index contributed by atoms with van der Waals surface area (Å²) in [6, 6.07) is 7.70. The highest BCUT2D eigenvalue weighted by Gasteiger charge is 2.26. The zero-order chi connectivity index (χ0) is 17.2. The minimum absolute atomic E-state index is 0.0807. The molecule has 1 unspecified atom stereocenters. The van der Waals surface area contributed by atoms with Gasteiger partial charge in [-0.05, 0) is 38.1 Å². The summed E-state index contributed by atoms with van der Waals surface area (Å²) >= 11 is 0. The molecule has 1 fully saturated rings. The molecule has 0 N–H and O–H groups in total. The molecular formula is C19H20N4O2. The lowest BCUT2D eigenvalue weighted by atomic mass is 10.1. The highest BCUT2D eigenvalue weighted by molar-refractivity contribution is 5.60. The van der Waals surface area contributed by atoms with Gasteiger partial charge in [0.1, 0.15) is 17.7 Å². The number of aromatic nitrogens is 3. The van der Waals surface area contributed by atoms with E-state index in [1.165, 1.54) is 0 Å². The first-order valence-electron chi connectivity index (χ1n) is 8.38. The number of aryl methyl sites for hydroxylation is 1. The number of morpholine rings is 1. The minimum atomic E-state index is -0.0807. The molecule has 4 heterocycles. The van der Waals surface area contributed by atoms with Crippen LogP contribution in [0.3, 0.4) is 0 Å². The molecule has 0 amide bonds. The zero-order valence-corrected chi connectivity index (χ0v) is 14.3. The number of hydrogen-bond acceptors (Lipinski definition) is 6. The largest absolute Gasteiger partial charge is 0.467 e. The molecule has 1 aliphatic rings. The number of furan rings is 1. The van der Waals surface area contributed by atoms with Crippen LogP contribution in [0, 0.1) is 13.8 Å². The van der Waals surface area contributed by atoms with Gasteiger partial charge in [-0.3, -0.25) is 4.98 Å². The monoisotopic (exact) mass is 336 g/mol. The van der Waals surface area contributed by atoms with E-state index in [4.69, 9.17) is 14.1 Å². The van der Waals surface area contributed by atoms with Crippen LogP contribution in [0.2, 0.25) is 0 Å². The summed E-state index contributed by atoms with van der Waals surface area (Å²) in [4.78, 5) is 15.8. The van der Waals surface area contributed by atoms with Crippen LogP contribution in [0.5, 0.6) is 0 Å². The Kier molecular flexibility index (Phi) is 4.19. The van der Waals surface area contributed by atoms with Gasteiger partial charge >= 0.3 is 0 Å². The predicted molar refractivity (Wildman–Crippen MR) is 94.4 cm³/mol. The molecule has 3 aromatic heterocycles. The first kappa shape index (κ1) is 15.8. The highest BCUT2D eigenvalue weighted by Crippen LogP contribution is 2.29. The summed E-state index contributed by atoms with van der Waals surface area (Å²) in [5.74, 6) is 2.53. The lowest BCUT2D eigenvalue weighted by Crippen LogP contribution is -2.39. The van der Waals surface area contributed by atoms with Crippen molar-refractivity contribution in [1.29, 1.82) is 0 Å². The zero-order valence-electron chi connectivity index (χ0n) is 14.3. The molecule has 3 aromatic rings. The predicted octanol–water partition coefficient (Wildman–Crippen LogP) is 3.33. The lowest BCUT2D eigenvalue weighted by molar-refractivity contribution is 0.0254. The number of nitrogens with zero attached hydrogens (tertiary/aromatic N) is 4. The van der Waals surface area contributed by atoms with E-state index < -0.39 is 0 Å². The van der Waals surface area contributed by atoms with Crippen molar-refractivity contribution in [3.63, 3.8) is 0 Å². The Balaban J connectivity index is 1.68. The van der Waals surface area contributed by atoms with E-state index in [0.29, 0.717) is 13.2 Å². The number of ether oxygens (including phenoxy) is 1. The van der Waals surface area contributed by atoms with Gasteiger partial charge in [0, 0.05) is 35.8 Å². The standard InChI is InChI=1S/C19H20N4O2/c1-13-14(2)21-18(15-5-7-20-8-6-15)22-19(13)23-9-11-25-17(12-23)16-4-3-10-24-16/h3-8,10,17H,9,11-12H2,1-2H3. The highest BCUT2D eigenvalue weighted by atomic mass is 16.5. The average Bonchev–Trinajstić information content (AvgIpc) is 3.19. The molecule has 0 bridgehead atoms. The van der Waals surface area contributed by atoms with E-state index in [9.17, 15) is 0 Å². The summed E-state index contributed by atoms with van der Waals surface area (Å²) in [6.07, 6.45) is 5.12. The van der Waals surface area contributed by atoms with Crippen molar-refractivity contribution in [2.24, 2.45) is 0 Å². The third-order valence-electron chi connectivity index (χ3n) is 4.53. The van der Waals surface area contributed by atoms with Crippen LogP contribution in [-0.4, -0.2) is 34.6 Å². The Morgan fingerprint density at radius 2 is 1.96 bits per heavy atom. The van der Waals surface area contributed by atoms with Crippen LogP contribution in [0.1, 0.15) is 23.1 Å². The maximum absolute atomic E-state index is 5.87. The fourth-order valence-corrected chi connectivity index (χ4v) is 3.04. The molecule has 1 saturated heterocycles. The SMILES string of the molecule is Cc1nc(-c2ccncc2)nc(N2CCOC(c3ccco3)C2)c1C. The fourth-order valence-electron chi connectivity index (χ4n) is 3.04. The van der Waals surface area contributed by atoms with E-state index >= 15 is 0 Å². The van der Waals surface area contributed by atoms with Crippen LogP contribution in [0.15, 0.2) is 47.3 Å². The molecule has 0 spiro atoms. The van der Waals surface area contributed by atoms with Crippen molar-refractivity contribution in [3.05, 3.63) is 59.9 Å². The van der Waals surface area contributed by atoms with Gasteiger partial charge in [-0.25, -0.2) is 9.97 Å². The normalized spacial score (nSPS) is 17.7. The van der Waals surface area contributed by atoms with E-state index in [-0.39, 0.29) is 6.10 Å². The van der Waals surface area contributed by atoms with Gasteiger partial charge in [0.25, 0.3) is 0 Å². The Bertz CT molecular complexity index is 849. The van der Waals surface area contributed by atoms with Crippen LogP contribution < -0.4 is 4.90 Å². The molecule has 0 saturated carbocycles. The summed E-state index contributed by atoms with van der Waals surface area (Å²) < 4.78 is 11.4. The van der Waals surface area contributed by atoms with Crippen molar-refractivity contribution >= 4 is 5.82 Å². The molecule has 128 valence electrons. The van der Waals surface area contributed by atoms with Crippen molar-refractivity contribution in [1.82, 2.24) is 15.0 Å². The molecule has 0 aromatic carbocycles. The third-order valence-corrected chi connectivity index (χ3v) is 4.53. The quantitative estimate of drug-likeness (QED) is 0.731. The molecule has 25 heavy (non-hydrogen) atoms. The van der Waals surface area contributed by atoms with Crippen molar-refractivity contribution in [2.45, 2.75) is 20.0 Å². The van der Waals surface area contributed by atoms with Gasteiger partial charge in [-0.15, -0.1) is 0 Å². The average molecular weight is 336 g/mol. The Hall–Kier alpha value is -2.73. The van der Waals surface area contributed by atoms with Crippen LogP contribution >= 0.6 is 0 Å². The van der Waals surface area contributed by atoms with Gasteiger partial charge in [0.15, 0.2) is 5.82 Å². The van der Waals surface area contributed by atoms with E-state index in [0.717, 1.165) is 40.8 Å². The number of hydrogen-bond donors (Lipinski definition) is 0. The smallest absolute Gasteiger partial charge is 0.161 e. The number of rotatable bonds is 3. The number of pyridine rings is 1. The van der Waals surface area contributed by atoms with E-state index in [1.54, 1.807) is 18.7 Å². The third kappa shape index (κ3) is 3.13. The molecule has 1 atom stereocenters. The molecule has 0 radical (unpaired) electrons. The maximum atomic E-state index is 5.87. The van der Waals surface area contributed by atoms with Gasteiger partial charge < -0.3 is 14.1 Å². The second-order valence-corrected chi connectivity index (χ2v) is 6.14. The first-order chi connectivity index (χ1) is 12.2. The molecule has 6 heteroatoms. The Morgan fingerprint density at radius 1 is 1.12 bits per heavy atom. The van der Waals surface area contributed by atoms with Crippen LogP contribution in [0.25, 0.3) is 11.4 Å². The Labute approximate surface area is 146 Å². The van der Waals surface area contributed by atoms with Crippen LogP contribution in [0.4, 0.5) is 5.82 Å². The van der Waals surface area contributed by atoms with Crippen molar-refractivity contribution < 1.29 is 9.15 Å². The second-order valence-electron chi connectivity index (χ2n) is 6.14. The van der Waals surface area contributed by atoms with Crippen molar-refractivity contribution in [3.8, 4) is 11.4 Å². The van der Waals surface area contributed by atoms with Crippen LogP contribution in [-0.2, 0) is 4.74 Å². The number of anilines is 1.